The second kappa shape index (κ2) is 11.6. The van der Waals surface area contributed by atoms with Crippen LogP contribution in [0.2, 0.25) is 0 Å². The van der Waals surface area contributed by atoms with Gasteiger partial charge in [-0.15, -0.1) is 0 Å². The van der Waals surface area contributed by atoms with Gasteiger partial charge in [-0.1, -0.05) is 23.9 Å². The number of pyridine rings is 1. The quantitative estimate of drug-likeness (QED) is 0.314. The molecule has 0 spiro atoms. The molecule has 3 aromatic rings. The lowest BCUT2D eigenvalue weighted by molar-refractivity contribution is -0.384. The standard InChI is InChI=1S/C24H19F2N5O5S/c25-23(26)36-19-9-7-15(8-10-19)29-24-30(14-17-4-1-2-11-27-17)22(33)20(37-24)13-21(32)28-16-5-3-6-18(12-16)31(34)35/h1-12,20,23H,13-14H2,(H,28,32)/t20-/m0/s1. The van der Waals surface area contributed by atoms with Crippen molar-refractivity contribution in [2.24, 2.45) is 4.99 Å². The van der Waals surface area contributed by atoms with Gasteiger partial charge in [0.05, 0.1) is 22.8 Å². The number of hydrogen-bond acceptors (Lipinski definition) is 8. The SMILES string of the molecule is O=C(C[C@@H]1SC(=Nc2ccc(OC(F)F)cc2)N(Cc2ccccn2)C1=O)Nc1cccc([N+](=O)[O-])c1. The van der Waals surface area contributed by atoms with Crippen LogP contribution in [0.5, 0.6) is 5.75 Å². The van der Waals surface area contributed by atoms with Gasteiger partial charge in [0.1, 0.15) is 11.0 Å². The number of rotatable bonds is 9. The lowest BCUT2D eigenvalue weighted by Gasteiger charge is -2.16. The van der Waals surface area contributed by atoms with Gasteiger partial charge in [0.2, 0.25) is 11.8 Å². The molecule has 2 amide bonds. The van der Waals surface area contributed by atoms with Crippen LogP contribution in [0.15, 0.2) is 77.9 Å². The van der Waals surface area contributed by atoms with Crippen LogP contribution in [-0.4, -0.2) is 43.7 Å². The first-order chi connectivity index (χ1) is 17.8. The van der Waals surface area contributed by atoms with E-state index in [1.807, 2.05) is 0 Å². The largest absolute Gasteiger partial charge is 0.435 e. The van der Waals surface area contributed by atoms with Gasteiger partial charge in [-0.3, -0.25) is 29.6 Å². The summed E-state index contributed by atoms with van der Waals surface area (Å²) < 4.78 is 29.2. The molecule has 1 aliphatic rings. The number of aromatic nitrogens is 1. The van der Waals surface area contributed by atoms with Gasteiger partial charge in [-0.25, -0.2) is 4.99 Å². The Morgan fingerprint density at radius 1 is 1.19 bits per heavy atom. The average Bonchev–Trinajstić information content (AvgIpc) is 3.14. The Morgan fingerprint density at radius 2 is 1.97 bits per heavy atom. The van der Waals surface area contributed by atoms with Crippen LogP contribution < -0.4 is 10.1 Å². The van der Waals surface area contributed by atoms with Crippen molar-refractivity contribution in [3.63, 3.8) is 0 Å². The van der Waals surface area contributed by atoms with E-state index in [1.165, 1.54) is 53.4 Å². The number of hydrogen-bond donors (Lipinski definition) is 1. The van der Waals surface area contributed by atoms with Gasteiger partial charge in [-0.2, -0.15) is 8.78 Å². The van der Waals surface area contributed by atoms with Crippen LogP contribution in [0, 0.1) is 10.1 Å². The van der Waals surface area contributed by atoms with Gasteiger partial charge in [0, 0.05) is 30.4 Å². The van der Waals surface area contributed by atoms with Crippen molar-refractivity contribution in [3.8, 4) is 5.75 Å². The van der Waals surface area contributed by atoms with E-state index in [1.54, 1.807) is 24.4 Å². The molecule has 1 saturated heterocycles. The summed E-state index contributed by atoms with van der Waals surface area (Å²) in [5, 5.41) is 13.1. The van der Waals surface area contributed by atoms with Crippen LogP contribution in [0.1, 0.15) is 12.1 Å². The molecule has 4 rings (SSSR count). The molecular formula is C24H19F2N5O5S. The summed E-state index contributed by atoms with van der Waals surface area (Å²) in [6.07, 6.45) is 1.39. The number of amides is 2. The molecule has 0 saturated carbocycles. The zero-order valence-electron chi connectivity index (χ0n) is 19.0. The zero-order chi connectivity index (χ0) is 26.4. The number of halogens is 2. The molecule has 1 N–H and O–H groups in total. The molecule has 0 aliphatic carbocycles. The number of aliphatic imine (C=N–C) groups is 1. The molecule has 0 unspecified atom stereocenters. The number of thioether (sulfide) groups is 1. The third kappa shape index (κ3) is 6.85. The number of amidine groups is 1. The predicted molar refractivity (Wildman–Crippen MR) is 133 cm³/mol. The molecule has 13 heteroatoms. The summed E-state index contributed by atoms with van der Waals surface area (Å²) in [6.45, 7) is -2.84. The molecular weight excluding hydrogens is 508 g/mol. The molecule has 10 nitrogen and oxygen atoms in total. The van der Waals surface area contributed by atoms with Crippen LogP contribution in [0.25, 0.3) is 0 Å². The van der Waals surface area contributed by atoms with Crippen molar-refractivity contribution in [2.75, 3.05) is 5.32 Å². The predicted octanol–water partition coefficient (Wildman–Crippen LogP) is 4.75. The minimum atomic E-state index is -2.96. The first kappa shape index (κ1) is 25.7. The van der Waals surface area contributed by atoms with Gasteiger partial charge >= 0.3 is 6.61 Å². The van der Waals surface area contributed by atoms with Gasteiger partial charge < -0.3 is 10.1 Å². The molecule has 2 heterocycles. The Kier molecular flexibility index (Phi) is 8.03. The van der Waals surface area contributed by atoms with Crippen molar-refractivity contribution in [2.45, 2.75) is 24.8 Å². The van der Waals surface area contributed by atoms with Crippen molar-refractivity contribution < 1.29 is 28.0 Å². The monoisotopic (exact) mass is 527 g/mol. The minimum absolute atomic E-state index is 0.0323. The number of nitrogens with zero attached hydrogens (tertiary/aromatic N) is 4. The fourth-order valence-electron chi connectivity index (χ4n) is 3.41. The fourth-order valence-corrected chi connectivity index (χ4v) is 4.57. The number of carbonyl (C=O) groups is 2. The summed E-state index contributed by atoms with van der Waals surface area (Å²) in [4.78, 5) is 46.4. The van der Waals surface area contributed by atoms with Gasteiger partial charge in [0.15, 0.2) is 5.17 Å². The van der Waals surface area contributed by atoms with E-state index >= 15 is 0 Å². The van der Waals surface area contributed by atoms with E-state index in [4.69, 9.17) is 0 Å². The first-order valence-corrected chi connectivity index (χ1v) is 11.7. The summed E-state index contributed by atoms with van der Waals surface area (Å²) >= 11 is 1.08. The molecule has 1 aromatic heterocycles. The van der Waals surface area contributed by atoms with Crippen LogP contribution >= 0.6 is 11.8 Å². The number of anilines is 1. The van der Waals surface area contributed by atoms with E-state index in [-0.39, 0.29) is 36.0 Å². The van der Waals surface area contributed by atoms with E-state index in [2.05, 4.69) is 20.0 Å². The van der Waals surface area contributed by atoms with Gasteiger partial charge in [0.25, 0.3) is 5.69 Å². The Labute approximate surface area is 213 Å². The third-order valence-corrected chi connectivity index (χ3v) is 6.24. The summed E-state index contributed by atoms with van der Waals surface area (Å²) in [7, 11) is 0. The van der Waals surface area contributed by atoms with Crippen molar-refractivity contribution in [1.29, 1.82) is 0 Å². The normalized spacial score (nSPS) is 16.3. The molecule has 1 aliphatic heterocycles. The number of nitro groups is 1. The number of nitrogens with one attached hydrogen (secondary N) is 1. The van der Waals surface area contributed by atoms with Crippen molar-refractivity contribution >= 4 is 45.8 Å². The van der Waals surface area contributed by atoms with Crippen molar-refractivity contribution in [3.05, 3.63) is 88.7 Å². The Bertz CT molecular complexity index is 1320. The molecule has 1 atom stereocenters. The number of benzene rings is 2. The summed E-state index contributed by atoms with van der Waals surface area (Å²) in [5.41, 5.74) is 1.06. The minimum Gasteiger partial charge on any atom is -0.435 e. The number of ether oxygens (including phenoxy) is 1. The Hall–Kier alpha value is -4.39. The molecule has 2 aromatic carbocycles. The highest BCUT2D eigenvalue weighted by Crippen LogP contribution is 2.33. The zero-order valence-corrected chi connectivity index (χ0v) is 19.8. The molecule has 37 heavy (non-hydrogen) atoms. The number of carbonyl (C=O) groups excluding carboxylic acids is 2. The number of nitro benzene ring substituents is 1. The van der Waals surface area contributed by atoms with E-state index in [0.29, 0.717) is 16.5 Å². The summed E-state index contributed by atoms with van der Waals surface area (Å²) in [6, 6.07) is 16.3. The maximum atomic E-state index is 13.2. The highest BCUT2D eigenvalue weighted by molar-refractivity contribution is 8.15. The molecule has 0 bridgehead atoms. The Morgan fingerprint density at radius 3 is 2.65 bits per heavy atom. The third-order valence-electron chi connectivity index (χ3n) is 5.06. The summed E-state index contributed by atoms with van der Waals surface area (Å²) in [5.74, 6) is -0.893. The second-order valence-electron chi connectivity index (χ2n) is 7.68. The molecule has 190 valence electrons. The van der Waals surface area contributed by atoms with Crippen LogP contribution in [0.4, 0.5) is 25.8 Å². The average molecular weight is 528 g/mol. The topological polar surface area (TPSA) is 127 Å². The smallest absolute Gasteiger partial charge is 0.387 e. The van der Waals surface area contributed by atoms with E-state index in [9.17, 15) is 28.5 Å². The van der Waals surface area contributed by atoms with Crippen LogP contribution in [0.3, 0.4) is 0 Å². The lowest BCUT2D eigenvalue weighted by Crippen LogP contribution is -2.33. The number of non-ortho nitro benzene ring substituents is 1. The number of alkyl halides is 2. The fraction of sp³-hybridized carbons (Fsp3) is 0.167. The molecule has 0 radical (unpaired) electrons. The second-order valence-corrected chi connectivity index (χ2v) is 8.85. The van der Waals surface area contributed by atoms with Crippen LogP contribution in [-0.2, 0) is 16.1 Å². The van der Waals surface area contributed by atoms with Gasteiger partial charge in [-0.05, 0) is 42.5 Å². The highest BCUT2D eigenvalue weighted by atomic mass is 32.2. The highest BCUT2D eigenvalue weighted by Gasteiger charge is 2.39. The lowest BCUT2D eigenvalue weighted by atomic mass is 10.2. The van der Waals surface area contributed by atoms with E-state index < -0.39 is 22.7 Å². The van der Waals surface area contributed by atoms with E-state index in [0.717, 1.165) is 11.8 Å². The first-order valence-electron chi connectivity index (χ1n) is 10.8. The molecule has 1 fully saturated rings. The van der Waals surface area contributed by atoms with Crippen molar-refractivity contribution in [1.82, 2.24) is 9.88 Å². The maximum absolute atomic E-state index is 13.2. The maximum Gasteiger partial charge on any atom is 0.387 e. The Balaban J connectivity index is 1.52.